The van der Waals surface area contributed by atoms with Gasteiger partial charge in [-0.2, -0.15) is 0 Å². The number of allylic oxidation sites excluding steroid dienone is 1. The standard InChI is InChI=1S/C46H31N3O2/c1-3-14-42-33(4-2)37-20-12-18-34(44(37)50-42)30-25-31(35-19-13-21-38-36-17-8-9-23-43(36)51-45(35)38)27-32(26-30)40-28-41(39-22-10-11-24-47-39)49-46(48-40)29-15-6-5-7-16-29/h3-28H,2H2,1H3/b14-3-. The van der Waals surface area contributed by atoms with Crippen LogP contribution in [-0.4, -0.2) is 15.0 Å². The van der Waals surface area contributed by atoms with Gasteiger partial charge in [-0.1, -0.05) is 110 Å². The average Bonchev–Trinajstić information content (AvgIpc) is 3.76. The quantitative estimate of drug-likeness (QED) is 0.171. The largest absolute Gasteiger partial charge is 0.455 e. The van der Waals surface area contributed by atoms with Gasteiger partial charge in [0, 0.05) is 50.2 Å². The first-order chi connectivity index (χ1) is 25.2. The molecule has 9 rings (SSSR count). The van der Waals surface area contributed by atoms with E-state index in [-0.39, 0.29) is 0 Å². The average molecular weight is 658 g/mol. The molecule has 9 aromatic rings. The Kier molecular flexibility index (Phi) is 7.44. The Hall–Kier alpha value is -6.85. The van der Waals surface area contributed by atoms with Crippen LogP contribution in [0.15, 0.2) is 161 Å². The number of furan rings is 2. The zero-order valence-electron chi connectivity index (χ0n) is 27.9. The minimum atomic E-state index is 0.625. The second-order valence-corrected chi connectivity index (χ2v) is 12.4. The van der Waals surface area contributed by atoms with Crippen molar-refractivity contribution in [3.63, 3.8) is 0 Å². The first-order valence-corrected chi connectivity index (χ1v) is 16.9. The molecular formula is C46H31N3O2. The fourth-order valence-corrected chi connectivity index (χ4v) is 6.89. The SMILES string of the molecule is C=Cc1c(/C=C\C)oc2c(-c3cc(-c4cc(-c5ccccn5)nc(-c5ccccc5)n4)cc(-c4cccc5c4oc4ccccc45)c3)cccc12. The van der Waals surface area contributed by atoms with Crippen LogP contribution in [0.3, 0.4) is 0 Å². The smallest absolute Gasteiger partial charge is 0.160 e. The lowest BCUT2D eigenvalue weighted by atomic mass is 9.93. The van der Waals surface area contributed by atoms with Crippen molar-refractivity contribution < 1.29 is 8.83 Å². The van der Waals surface area contributed by atoms with E-state index in [1.807, 2.05) is 97.9 Å². The third-order valence-electron chi connectivity index (χ3n) is 9.25. The molecule has 0 fully saturated rings. The van der Waals surface area contributed by atoms with Crippen molar-refractivity contribution >= 4 is 45.1 Å². The molecule has 0 aliphatic carbocycles. The van der Waals surface area contributed by atoms with E-state index < -0.39 is 0 Å². The summed E-state index contributed by atoms with van der Waals surface area (Å²) in [6.07, 6.45) is 7.61. The molecule has 242 valence electrons. The first kappa shape index (κ1) is 30.2. The van der Waals surface area contributed by atoms with Crippen LogP contribution >= 0.6 is 0 Å². The molecule has 51 heavy (non-hydrogen) atoms. The predicted molar refractivity (Wildman–Crippen MR) is 209 cm³/mol. The lowest BCUT2D eigenvalue weighted by Crippen LogP contribution is -1.97. The van der Waals surface area contributed by atoms with Gasteiger partial charge in [-0.25, -0.2) is 9.97 Å². The number of pyridine rings is 1. The van der Waals surface area contributed by atoms with E-state index in [0.29, 0.717) is 5.82 Å². The summed E-state index contributed by atoms with van der Waals surface area (Å²) in [5, 5.41) is 3.16. The summed E-state index contributed by atoms with van der Waals surface area (Å²) in [6, 6.07) is 45.3. The van der Waals surface area contributed by atoms with Crippen LogP contribution in [0.4, 0.5) is 0 Å². The van der Waals surface area contributed by atoms with Gasteiger partial charge in [-0.3, -0.25) is 4.98 Å². The zero-order valence-corrected chi connectivity index (χ0v) is 27.9. The van der Waals surface area contributed by atoms with Crippen molar-refractivity contribution in [2.45, 2.75) is 6.92 Å². The fraction of sp³-hybridized carbons (Fsp3) is 0.0217. The number of benzene rings is 5. The molecule has 0 saturated carbocycles. The summed E-state index contributed by atoms with van der Waals surface area (Å²) in [7, 11) is 0. The second kappa shape index (κ2) is 12.6. The summed E-state index contributed by atoms with van der Waals surface area (Å²) in [4.78, 5) is 14.8. The van der Waals surface area contributed by atoms with Crippen LogP contribution < -0.4 is 0 Å². The fourth-order valence-electron chi connectivity index (χ4n) is 6.89. The van der Waals surface area contributed by atoms with E-state index in [0.717, 1.165) is 94.7 Å². The highest BCUT2D eigenvalue weighted by molar-refractivity contribution is 6.10. The molecule has 0 bridgehead atoms. The Balaban J connectivity index is 1.34. The molecule has 0 radical (unpaired) electrons. The third-order valence-corrected chi connectivity index (χ3v) is 9.25. The number of hydrogen-bond donors (Lipinski definition) is 0. The van der Waals surface area contributed by atoms with Crippen molar-refractivity contribution in [2.24, 2.45) is 0 Å². The van der Waals surface area contributed by atoms with Crippen molar-refractivity contribution in [3.05, 3.63) is 164 Å². The highest BCUT2D eigenvalue weighted by atomic mass is 16.3. The van der Waals surface area contributed by atoms with Gasteiger partial charge in [0.2, 0.25) is 0 Å². The Morgan fingerprint density at radius 3 is 1.96 bits per heavy atom. The van der Waals surface area contributed by atoms with Gasteiger partial charge >= 0.3 is 0 Å². The van der Waals surface area contributed by atoms with E-state index in [2.05, 4.69) is 72.2 Å². The van der Waals surface area contributed by atoms with E-state index in [1.54, 1.807) is 6.20 Å². The maximum atomic E-state index is 6.56. The van der Waals surface area contributed by atoms with E-state index in [4.69, 9.17) is 18.8 Å². The highest BCUT2D eigenvalue weighted by Crippen LogP contribution is 2.42. The van der Waals surface area contributed by atoms with E-state index in [9.17, 15) is 0 Å². The van der Waals surface area contributed by atoms with Crippen LogP contribution in [0.1, 0.15) is 18.2 Å². The minimum absolute atomic E-state index is 0.625. The molecule has 5 aromatic carbocycles. The van der Waals surface area contributed by atoms with Crippen molar-refractivity contribution in [1.82, 2.24) is 15.0 Å². The maximum absolute atomic E-state index is 6.56. The summed E-state index contributed by atoms with van der Waals surface area (Å²) >= 11 is 0. The number of nitrogens with zero attached hydrogens (tertiary/aromatic N) is 3. The third kappa shape index (κ3) is 5.32. The van der Waals surface area contributed by atoms with Gasteiger partial charge in [0.05, 0.1) is 17.1 Å². The topological polar surface area (TPSA) is 65.0 Å². The molecule has 4 aromatic heterocycles. The lowest BCUT2D eigenvalue weighted by molar-refractivity contribution is 0.604. The molecule has 5 nitrogen and oxygen atoms in total. The maximum Gasteiger partial charge on any atom is 0.160 e. The number of aromatic nitrogens is 3. The molecule has 0 aliphatic rings. The molecular weight excluding hydrogens is 627 g/mol. The second-order valence-electron chi connectivity index (χ2n) is 12.4. The number of hydrogen-bond acceptors (Lipinski definition) is 5. The van der Waals surface area contributed by atoms with Crippen LogP contribution in [0.2, 0.25) is 0 Å². The molecule has 0 unspecified atom stereocenters. The molecule has 0 N–H and O–H groups in total. The van der Waals surface area contributed by atoms with Crippen LogP contribution in [0.25, 0.3) is 101 Å². The molecule has 4 heterocycles. The summed E-state index contributed by atoms with van der Waals surface area (Å²) in [6.45, 7) is 6.08. The number of para-hydroxylation sites is 3. The van der Waals surface area contributed by atoms with Gasteiger partial charge in [-0.05, 0) is 66.6 Å². The van der Waals surface area contributed by atoms with Gasteiger partial charge < -0.3 is 8.83 Å². The predicted octanol–water partition coefficient (Wildman–Crippen LogP) is 12.5. The molecule has 0 amide bonds. The summed E-state index contributed by atoms with van der Waals surface area (Å²) in [5.74, 6) is 1.40. The van der Waals surface area contributed by atoms with Crippen molar-refractivity contribution in [1.29, 1.82) is 0 Å². The van der Waals surface area contributed by atoms with E-state index >= 15 is 0 Å². The van der Waals surface area contributed by atoms with Gasteiger partial charge in [0.1, 0.15) is 22.5 Å². The molecule has 5 heteroatoms. The Morgan fingerprint density at radius 1 is 0.549 bits per heavy atom. The number of fused-ring (bicyclic) bond motifs is 4. The van der Waals surface area contributed by atoms with Gasteiger partial charge in [-0.15, -0.1) is 0 Å². The molecule has 0 aliphatic heterocycles. The molecule has 0 spiro atoms. The zero-order chi connectivity index (χ0) is 34.3. The number of rotatable bonds is 7. The minimum Gasteiger partial charge on any atom is -0.455 e. The molecule has 0 atom stereocenters. The van der Waals surface area contributed by atoms with Gasteiger partial charge in [0.15, 0.2) is 5.82 Å². The highest BCUT2D eigenvalue weighted by Gasteiger charge is 2.19. The lowest BCUT2D eigenvalue weighted by Gasteiger charge is -2.13. The van der Waals surface area contributed by atoms with Gasteiger partial charge in [0.25, 0.3) is 0 Å². The summed E-state index contributed by atoms with van der Waals surface area (Å²) < 4.78 is 13.1. The van der Waals surface area contributed by atoms with Crippen molar-refractivity contribution in [2.75, 3.05) is 0 Å². The van der Waals surface area contributed by atoms with Crippen LogP contribution in [0.5, 0.6) is 0 Å². The van der Waals surface area contributed by atoms with Crippen molar-refractivity contribution in [3.8, 4) is 56.3 Å². The monoisotopic (exact) mass is 657 g/mol. The summed E-state index contributed by atoms with van der Waals surface area (Å²) in [5.41, 5.74) is 11.5. The Morgan fingerprint density at radius 2 is 1.22 bits per heavy atom. The molecule has 0 saturated heterocycles. The Bertz CT molecular complexity index is 2720. The Labute approximate surface area is 294 Å². The van der Waals surface area contributed by atoms with Crippen LogP contribution in [-0.2, 0) is 0 Å². The van der Waals surface area contributed by atoms with E-state index in [1.165, 1.54) is 0 Å². The van der Waals surface area contributed by atoms with Crippen LogP contribution in [0, 0.1) is 0 Å². The normalized spacial score (nSPS) is 11.6. The first-order valence-electron chi connectivity index (χ1n) is 16.9.